The SMILES string of the molecule is Cn1cnnc1CN1Cc2ccccc2C1=N. The third-order valence-corrected chi connectivity index (χ3v) is 3.09. The molecule has 1 N–H and O–H groups in total. The summed E-state index contributed by atoms with van der Waals surface area (Å²) in [7, 11) is 1.92. The summed E-state index contributed by atoms with van der Waals surface area (Å²) >= 11 is 0. The summed E-state index contributed by atoms with van der Waals surface area (Å²) in [5.41, 5.74) is 2.23. The van der Waals surface area contributed by atoms with E-state index in [2.05, 4.69) is 16.3 Å². The molecular formula is C12H13N5. The smallest absolute Gasteiger partial charge is 0.152 e. The molecule has 0 radical (unpaired) electrons. The average Bonchev–Trinajstić information content (AvgIpc) is 2.87. The molecule has 1 aliphatic heterocycles. The molecule has 0 bridgehead atoms. The van der Waals surface area contributed by atoms with E-state index in [1.54, 1.807) is 6.33 Å². The molecule has 0 spiro atoms. The van der Waals surface area contributed by atoms with Crippen molar-refractivity contribution >= 4 is 5.84 Å². The van der Waals surface area contributed by atoms with E-state index in [1.165, 1.54) is 5.56 Å². The van der Waals surface area contributed by atoms with Crippen molar-refractivity contribution < 1.29 is 0 Å². The lowest BCUT2D eigenvalue weighted by Crippen LogP contribution is -2.24. The van der Waals surface area contributed by atoms with E-state index in [4.69, 9.17) is 5.41 Å². The third-order valence-electron chi connectivity index (χ3n) is 3.09. The highest BCUT2D eigenvalue weighted by atomic mass is 15.3. The van der Waals surface area contributed by atoms with Crippen molar-refractivity contribution in [2.45, 2.75) is 13.1 Å². The summed E-state index contributed by atoms with van der Waals surface area (Å²) in [6.45, 7) is 1.41. The van der Waals surface area contributed by atoms with Crippen LogP contribution in [0.5, 0.6) is 0 Å². The second kappa shape index (κ2) is 3.69. The average molecular weight is 227 g/mol. The van der Waals surface area contributed by atoms with Crippen LogP contribution in [0.1, 0.15) is 17.0 Å². The maximum absolute atomic E-state index is 8.13. The van der Waals surface area contributed by atoms with Gasteiger partial charge in [-0.25, -0.2) is 0 Å². The molecule has 1 aromatic carbocycles. The molecule has 5 heteroatoms. The van der Waals surface area contributed by atoms with Crippen LogP contribution in [0.4, 0.5) is 0 Å². The second-order valence-electron chi connectivity index (χ2n) is 4.22. The lowest BCUT2D eigenvalue weighted by Gasteiger charge is -2.16. The fraction of sp³-hybridized carbons (Fsp3) is 0.250. The van der Waals surface area contributed by atoms with Crippen molar-refractivity contribution in [1.82, 2.24) is 19.7 Å². The Kier molecular flexibility index (Phi) is 2.18. The minimum Gasteiger partial charge on any atom is -0.345 e. The Balaban J connectivity index is 1.85. The Morgan fingerprint density at radius 3 is 2.88 bits per heavy atom. The van der Waals surface area contributed by atoms with Crippen LogP contribution in [-0.4, -0.2) is 25.5 Å². The number of hydrogen-bond donors (Lipinski definition) is 1. The molecule has 0 saturated carbocycles. The van der Waals surface area contributed by atoms with Crippen LogP contribution >= 0.6 is 0 Å². The van der Waals surface area contributed by atoms with Gasteiger partial charge in [0.1, 0.15) is 12.2 Å². The summed E-state index contributed by atoms with van der Waals surface area (Å²) in [5.74, 6) is 1.45. The van der Waals surface area contributed by atoms with Crippen molar-refractivity contribution in [1.29, 1.82) is 5.41 Å². The molecule has 1 aliphatic rings. The Labute approximate surface area is 99.2 Å². The number of aryl methyl sites for hydroxylation is 1. The van der Waals surface area contributed by atoms with Crippen molar-refractivity contribution in [2.75, 3.05) is 0 Å². The van der Waals surface area contributed by atoms with Gasteiger partial charge in [0.05, 0.1) is 6.54 Å². The molecule has 0 unspecified atom stereocenters. The summed E-state index contributed by atoms with van der Waals surface area (Å²) < 4.78 is 1.89. The van der Waals surface area contributed by atoms with Gasteiger partial charge in [-0.05, 0) is 5.56 Å². The highest BCUT2D eigenvalue weighted by molar-refractivity contribution is 6.00. The van der Waals surface area contributed by atoms with Gasteiger partial charge in [0.2, 0.25) is 0 Å². The lowest BCUT2D eigenvalue weighted by molar-refractivity contribution is 0.403. The zero-order valence-corrected chi connectivity index (χ0v) is 9.59. The van der Waals surface area contributed by atoms with Gasteiger partial charge in [0.15, 0.2) is 5.82 Å². The van der Waals surface area contributed by atoms with E-state index in [0.29, 0.717) is 12.4 Å². The second-order valence-corrected chi connectivity index (χ2v) is 4.22. The third kappa shape index (κ3) is 1.60. The molecule has 17 heavy (non-hydrogen) atoms. The predicted molar refractivity (Wildman–Crippen MR) is 63.5 cm³/mol. The molecule has 0 amide bonds. The number of nitrogens with one attached hydrogen (secondary N) is 1. The lowest BCUT2D eigenvalue weighted by atomic mass is 10.1. The molecule has 0 aliphatic carbocycles. The van der Waals surface area contributed by atoms with E-state index < -0.39 is 0 Å². The van der Waals surface area contributed by atoms with Gasteiger partial charge >= 0.3 is 0 Å². The largest absolute Gasteiger partial charge is 0.345 e. The van der Waals surface area contributed by atoms with Crippen molar-refractivity contribution in [3.63, 3.8) is 0 Å². The minimum absolute atomic E-state index is 0.573. The van der Waals surface area contributed by atoms with Crippen LogP contribution in [-0.2, 0) is 20.1 Å². The van der Waals surface area contributed by atoms with E-state index in [1.807, 2.05) is 34.7 Å². The number of nitrogens with zero attached hydrogens (tertiary/aromatic N) is 4. The number of amidine groups is 1. The molecule has 3 rings (SSSR count). The highest BCUT2D eigenvalue weighted by Crippen LogP contribution is 2.23. The number of hydrogen-bond acceptors (Lipinski definition) is 3. The zero-order chi connectivity index (χ0) is 11.8. The number of fused-ring (bicyclic) bond motifs is 1. The predicted octanol–water partition coefficient (Wildman–Crippen LogP) is 1.16. The number of rotatable bonds is 2. The topological polar surface area (TPSA) is 57.8 Å². The first-order chi connectivity index (χ1) is 8.25. The molecule has 0 fully saturated rings. The van der Waals surface area contributed by atoms with Crippen LogP contribution < -0.4 is 0 Å². The molecule has 2 aromatic rings. The monoisotopic (exact) mass is 227 g/mol. The molecule has 0 saturated heterocycles. The summed E-state index contributed by atoms with van der Waals surface area (Å²) in [4.78, 5) is 2.01. The van der Waals surface area contributed by atoms with Gasteiger partial charge in [0, 0.05) is 19.2 Å². The Hall–Kier alpha value is -2.17. The fourth-order valence-corrected chi connectivity index (χ4v) is 2.10. The van der Waals surface area contributed by atoms with Crippen LogP contribution in [0.25, 0.3) is 0 Å². The molecule has 2 heterocycles. The van der Waals surface area contributed by atoms with E-state index in [-0.39, 0.29) is 0 Å². The normalized spacial score (nSPS) is 14.2. The fourth-order valence-electron chi connectivity index (χ4n) is 2.10. The first-order valence-corrected chi connectivity index (χ1v) is 5.50. The molecule has 5 nitrogen and oxygen atoms in total. The van der Waals surface area contributed by atoms with E-state index >= 15 is 0 Å². The quantitative estimate of drug-likeness (QED) is 0.837. The Morgan fingerprint density at radius 2 is 2.18 bits per heavy atom. The molecule has 86 valence electrons. The van der Waals surface area contributed by atoms with Crippen LogP contribution in [0.15, 0.2) is 30.6 Å². The standard InChI is InChI=1S/C12H13N5/c1-16-8-14-15-11(16)7-17-6-9-4-2-3-5-10(9)12(17)13/h2-5,8,13H,6-7H2,1H3. The Morgan fingerprint density at radius 1 is 1.35 bits per heavy atom. The van der Waals surface area contributed by atoms with Crippen molar-refractivity contribution in [2.24, 2.45) is 7.05 Å². The van der Waals surface area contributed by atoms with Crippen LogP contribution in [0.2, 0.25) is 0 Å². The zero-order valence-electron chi connectivity index (χ0n) is 9.59. The summed E-state index contributed by atoms with van der Waals surface area (Å²) in [6.07, 6.45) is 1.68. The van der Waals surface area contributed by atoms with E-state index in [9.17, 15) is 0 Å². The maximum atomic E-state index is 8.13. The van der Waals surface area contributed by atoms with Crippen molar-refractivity contribution in [3.8, 4) is 0 Å². The van der Waals surface area contributed by atoms with Gasteiger partial charge in [0.25, 0.3) is 0 Å². The van der Waals surface area contributed by atoms with Crippen molar-refractivity contribution in [3.05, 3.63) is 47.5 Å². The van der Waals surface area contributed by atoms with Gasteiger partial charge in [-0.2, -0.15) is 0 Å². The maximum Gasteiger partial charge on any atom is 0.152 e. The highest BCUT2D eigenvalue weighted by Gasteiger charge is 2.24. The van der Waals surface area contributed by atoms with Gasteiger partial charge in [-0.3, -0.25) is 5.41 Å². The van der Waals surface area contributed by atoms with Crippen LogP contribution in [0.3, 0.4) is 0 Å². The molecular weight excluding hydrogens is 214 g/mol. The first-order valence-electron chi connectivity index (χ1n) is 5.50. The summed E-state index contributed by atoms with van der Waals surface area (Å²) in [5, 5.41) is 16.0. The molecule has 1 aromatic heterocycles. The van der Waals surface area contributed by atoms with Gasteiger partial charge < -0.3 is 9.47 Å². The number of aromatic nitrogens is 3. The molecule has 0 atom stereocenters. The minimum atomic E-state index is 0.573. The van der Waals surface area contributed by atoms with Gasteiger partial charge in [-0.1, -0.05) is 24.3 Å². The number of benzene rings is 1. The van der Waals surface area contributed by atoms with Gasteiger partial charge in [-0.15, -0.1) is 10.2 Å². The summed E-state index contributed by atoms with van der Waals surface area (Å²) in [6, 6.07) is 8.05. The van der Waals surface area contributed by atoms with E-state index in [0.717, 1.165) is 17.9 Å². The Bertz CT molecular complexity index is 572. The first kappa shape index (κ1) is 10.0. The van der Waals surface area contributed by atoms with Crippen LogP contribution in [0, 0.1) is 5.41 Å².